The van der Waals surface area contributed by atoms with E-state index in [-0.39, 0.29) is 23.3 Å². The number of nitrogens with zero attached hydrogens (tertiary/aromatic N) is 4. The Morgan fingerprint density at radius 2 is 1.79 bits per heavy atom. The minimum absolute atomic E-state index is 0.156. The fraction of sp³-hybridized carbons (Fsp3) is 0.323. The van der Waals surface area contributed by atoms with Crippen LogP contribution in [0.15, 0.2) is 66.9 Å². The number of carbonyl (C=O) groups is 3. The maximum Gasteiger partial charge on any atom is 0.256 e. The lowest BCUT2D eigenvalue weighted by Gasteiger charge is -2.24. The van der Waals surface area contributed by atoms with Gasteiger partial charge in [0, 0.05) is 19.5 Å². The van der Waals surface area contributed by atoms with Crippen LogP contribution in [-0.4, -0.2) is 77.0 Å². The Morgan fingerprint density at radius 1 is 1.05 bits per heavy atom. The molecule has 224 valence electrons. The molecule has 43 heavy (non-hydrogen) atoms. The number of carbonyl (C=O) groups excluding carboxylic acids is 3. The highest BCUT2D eigenvalue weighted by Gasteiger charge is 2.44. The summed E-state index contributed by atoms with van der Waals surface area (Å²) in [6.07, 6.45) is 3.38. The maximum absolute atomic E-state index is 13.6. The topological polar surface area (TPSA) is 104 Å². The Bertz CT molecular complexity index is 1470. The van der Waals surface area contributed by atoms with Crippen molar-refractivity contribution in [3.05, 3.63) is 78.2 Å². The molecule has 2 fully saturated rings. The summed E-state index contributed by atoms with van der Waals surface area (Å²) in [5, 5.41) is 2.97. The molecule has 2 aromatic carbocycles. The zero-order valence-electron chi connectivity index (χ0n) is 23.7. The Kier molecular flexibility index (Phi) is 9.45. The number of likely N-dealkylation sites (tertiary alicyclic amines) is 1. The van der Waals surface area contributed by atoms with Gasteiger partial charge in [0.25, 0.3) is 5.91 Å². The third-order valence-corrected chi connectivity index (χ3v) is 7.80. The van der Waals surface area contributed by atoms with Crippen LogP contribution in [0.1, 0.15) is 24.8 Å². The molecule has 5 rings (SSSR count). The van der Waals surface area contributed by atoms with Gasteiger partial charge in [-0.25, -0.2) is 9.37 Å². The molecule has 1 atom stereocenters. The molecule has 2 aliphatic rings. The van der Waals surface area contributed by atoms with Crippen LogP contribution in [0.3, 0.4) is 0 Å². The molecule has 12 heteroatoms. The lowest BCUT2D eigenvalue weighted by Crippen LogP contribution is -2.39. The van der Waals surface area contributed by atoms with Gasteiger partial charge >= 0.3 is 0 Å². The normalized spacial score (nSPS) is 16.7. The van der Waals surface area contributed by atoms with E-state index >= 15 is 0 Å². The van der Waals surface area contributed by atoms with E-state index in [1.165, 1.54) is 42.5 Å². The second-order valence-electron chi connectivity index (χ2n) is 10.2. The smallest absolute Gasteiger partial charge is 0.256 e. The van der Waals surface area contributed by atoms with Gasteiger partial charge in [0.15, 0.2) is 5.11 Å². The summed E-state index contributed by atoms with van der Waals surface area (Å²) < 4.78 is 24.5. The number of pyridine rings is 1. The first-order valence-corrected chi connectivity index (χ1v) is 14.4. The summed E-state index contributed by atoms with van der Waals surface area (Å²) in [5.74, 6) is 0.549. The molecule has 1 unspecified atom stereocenters. The third-order valence-electron chi connectivity index (χ3n) is 7.39. The number of benzene rings is 2. The minimum atomic E-state index is -0.855. The molecule has 0 spiro atoms. The first kappa shape index (κ1) is 29.9. The minimum Gasteiger partial charge on any atom is -0.495 e. The van der Waals surface area contributed by atoms with Crippen LogP contribution in [0.5, 0.6) is 11.5 Å². The first-order chi connectivity index (χ1) is 20.8. The van der Waals surface area contributed by atoms with Gasteiger partial charge in [-0.05, 0) is 79.2 Å². The monoisotopic (exact) mass is 605 g/mol. The van der Waals surface area contributed by atoms with Crippen LogP contribution in [-0.2, 0) is 20.8 Å². The second kappa shape index (κ2) is 13.6. The number of rotatable bonds is 12. The molecule has 2 saturated heterocycles. The van der Waals surface area contributed by atoms with Crippen molar-refractivity contribution in [2.45, 2.75) is 31.7 Å². The van der Waals surface area contributed by atoms with Crippen molar-refractivity contribution in [2.75, 3.05) is 43.6 Å². The summed E-state index contributed by atoms with van der Waals surface area (Å²) in [7, 11) is 1.52. The van der Waals surface area contributed by atoms with E-state index in [1.54, 1.807) is 17.0 Å². The number of ether oxygens (including phenoxy) is 2. The predicted molar refractivity (Wildman–Crippen MR) is 162 cm³/mol. The van der Waals surface area contributed by atoms with Gasteiger partial charge in [0.05, 0.1) is 32.0 Å². The number of anilines is 2. The fourth-order valence-corrected chi connectivity index (χ4v) is 5.49. The van der Waals surface area contributed by atoms with E-state index in [0.29, 0.717) is 55.5 Å². The van der Waals surface area contributed by atoms with E-state index < -0.39 is 17.8 Å². The standard InChI is InChI=1S/C31H32FN5O5S/c1-41-25-12-13-27(33-20-25)34-28(38)19-26-30(40)37(23-8-6-22(32)7-9-23)31(43)36(26)16-14-21-4-10-24(11-5-21)42-18-17-35-15-2-3-29(35)39/h4-13,20,26H,2-3,14-19H2,1H3,(H,33,34,38). The van der Waals surface area contributed by atoms with E-state index in [0.717, 1.165) is 18.5 Å². The maximum atomic E-state index is 13.6. The molecule has 0 saturated carbocycles. The molecule has 3 aromatic rings. The van der Waals surface area contributed by atoms with Gasteiger partial charge in [0.1, 0.15) is 35.8 Å². The van der Waals surface area contributed by atoms with Crippen LogP contribution in [0.25, 0.3) is 0 Å². The van der Waals surface area contributed by atoms with Crippen molar-refractivity contribution in [3.8, 4) is 11.5 Å². The Hall–Kier alpha value is -4.58. The Labute approximate surface area is 254 Å². The van der Waals surface area contributed by atoms with Crippen LogP contribution in [0.4, 0.5) is 15.9 Å². The number of hydrogen-bond acceptors (Lipinski definition) is 7. The molecule has 10 nitrogen and oxygen atoms in total. The number of amides is 3. The Morgan fingerprint density at radius 3 is 2.44 bits per heavy atom. The van der Waals surface area contributed by atoms with E-state index in [4.69, 9.17) is 21.7 Å². The SMILES string of the molecule is COc1ccc(NC(=O)CC2C(=O)N(c3ccc(F)cc3)C(=S)N2CCc2ccc(OCCN3CCCC3=O)cc2)nc1. The third kappa shape index (κ3) is 7.26. The van der Waals surface area contributed by atoms with Crippen LogP contribution < -0.4 is 19.7 Å². The molecule has 0 bridgehead atoms. The summed E-state index contributed by atoms with van der Waals surface area (Å²) in [5.41, 5.74) is 1.42. The highest BCUT2D eigenvalue weighted by molar-refractivity contribution is 7.80. The van der Waals surface area contributed by atoms with Gasteiger partial charge in [-0.2, -0.15) is 0 Å². The molecular weight excluding hydrogens is 573 g/mol. The number of halogens is 1. The first-order valence-electron chi connectivity index (χ1n) is 14.0. The summed E-state index contributed by atoms with van der Waals surface area (Å²) >= 11 is 5.71. The van der Waals surface area contributed by atoms with Crippen LogP contribution in [0.2, 0.25) is 0 Å². The van der Waals surface area contributed by atoms with Crippen molar-refractivity contribution < 1.29 is 28.2 Å². The lowest BCUT2D eigenvalue weighted by atomic mass is 10.1. The molecule has 3 heterocycles. The fourth-order valence-electron chi connectivity index (χ4n) is 5.08. The quantitative estimate of drug-likeness (QED) is 0.311. The summed E-state index contributed by atoms with van der Waals surface area (Å²) in [6, 6.07) is 15.5. The second-order valence-corrected chi connectivity index (χ2v) is 10.6. The number of hydrogen-bond donors (Lipinski definition) is 1. The molecule has 0 aliphatic carbocycles. The van der Waals surface area contributed by atoms with E-state index in [1.807, 2.05) is 29.2 Å². The van der Waals surface area contributed by atoms with Gasteiger partial charge in [0.2, 0.25) is 11.8 Å². The highest BCUT2D eigenvalue weighted by atomic mass is 32.1. The molecule has 1 N–H and O–H groups in total. The van der Waals surface area contributed by atoms with Crippen LogP contribution in [0, 0.1) is 5.82 Å². The van der Waals surface area contributed by atoms with Gasteiger partial charge in [-0.15, -0.1) is 0 Å². The summed E-state index contributed by atoms with van der Waals surface area (Å²) in [4.78, 5) is 47.4. The van der Waals surface area contributed by atoms with Crippen LogP contribution >= 0.6 is 12.2 Å². The largest absolute Gasteiger partial charge is 0.495 e. The zero-order valence-corrected chi connectivity index (χ0v) is 24.5. The predicted octanol–water partition coefficient (Wildman–Crippen LogP) is 3.80. The van der Waals surface area contributed by atoms with Crippen molar-refractivity contribution in [2.24, 2.45) is 0 Å². The highest BCUT2D eigenvalue weighted by Crippen LogP contribution is 2.28. The van der Waals surface area contributed by atoms with Crippen molar-refractivity contribution in [1.82, 2.24) is 14.8 Å². The molecule has 3 amide bonds. The van der Waals surface area contributed by atoms with Gasteiger partial charge in [-0.1, -0.05) is 12.1 Å². The van der Waals surface area contributed by atoms with Gasteiger partial charge in [-0.3, -0.25) is 19.3 Å². The number of nitrogens with one attached hydrogen (secondary N) is 1. The lowest BCUT2D eigenvalue weighted by molar-refractivity contribution is -0.128. The number of thiocarbonyl (C=S) groups is 1. The average Bonchev–Trinajstić information content (AvgIpc) is 3.52. The summed E-state index contributed by atoms with van der Waals surface area (Å²) in [6.45, 7) is 2.14. The molecule has 1 aromatic heterocycles. The zero-order chi connectivity index (χ0) is 30.3. The average molecular weight is 606 g/mol. The van der Waals surface area contributed by atoms with Crippen molar-refractivity contribution in [1.29, 1.82) is 0 Å². The van der Waals surface area contributed by atoms with Gasteiger partial charge < -0.3 is 24.6 Å². The molecule has 0 radical (unpaired) electrons. The number of methoxy groups -OCH3 is 1. The Balaban J connectivity index is 1.24. The number of aromatic nitrogens is 1. The van der Waals surface area contributed by atoms with E-state index in [2.05, 4.69) is 10.3 Å². The molecule has 2 aliphatic heterocycles. The molecular formula is C31H32FN5O5S. The van der Waals surface area contributed by atoms with E-state index in [9.17, 15) is 18.8 Å². The van der Waals surface area contributed by atoms with Crippen molar-refractivity contribution >= 4 is 46.6 Å². The van der Waals surface area contributed by atoms with Crippen molar-refractivity contribution in [3.63, 3.8) is 0 Å².